The van der Waals surface area contributed by atoms with Crippen LogP contribution in [0.5, 0.6) is 17.2 Å². The molecule has 1 aliphatic rings. The van der Waals surface area contributed by atoms with Gasteiger partial charge in [-0.25, -0.2) is 0 Å². The van der Waals surface area contributed by atoms with Gasteiger partial charge in [0.2, 0.25) is 12.1 Å². The van der Waals surface area contributed by atoms with E-state index in [1.165, 1.54) is 31.2 Å². The molecule has 0 saturated carbocycles. The van der Waals surface area contributed by atoms with Crippen molar-refractivity contribution in [3.63, 3.8) is 0 Å². The van der Waals surface area contributed by atoms with Crippen LogP contribution in [0.4, 0.5) is 0 Å². The number of aliphatic hydroxyl groups is 4. The Balaban J connectivity index is 2.03. The van der Waals surface area contributed by atoms with Gasteiger partial charge in [-0.05, 0) is 30.5 Å². The predicted molar refractivity (Wildman–Crippen MR) is 113 cm³/mol. The van der Waals surface area contributed by atoms with Gasteiger partial charge in [0, 0.05) is 11.1 Å². The summed E-state index contributed by atoms with van der Waals surface area (Å²) in [6, 6.07) is 5.34. The molecular formula is C23H26O10. The van der Waals surface area contributed by atoms with Gasteiger partial charge in [-0.15, -0.1) is 0 Å². The smallest absolute Gasteiger partial charge is 0.251 e. The number of ketones is 2. The lowest BCUT2D eigenvalue weighted by Gasteiger charge is -2.30. The molecule has 3 atom stereocenters. The van der Waals surface area contributed by atoms with E-state index in [1.807, 2.05) is 0 Å². The van der Waals surface area contributed by atoms with Crippen LogP contribution in [0.15, 0.2) is 24.3 Å². The molecular weight excluding hydrogens is 436 g/mol. The summed E-state index contributed by atoms with van der Waals surface area (Å²) in [6.07, 6.45) is -6.54. The first-order valence-electron chi connectivity index (χ1n) is 10.2. The first-order chi connectivity index (χ1) is 15.5. The molecule has 2 aromatic carbocycles. The molecule has 2 aromatic rings. The summed E-state index contributed by atoms with van der Waals surface area (Å²) in [6.45, 7) is 4.12. The average Bonchev–Trinajstić information content (AvgIpc) is 2.75. The summed E-state index contributed by atoms with van der Waals surface area (Å²) < 4.78 is 10.8. The highest BCUT2D eigenvalue weighted by atomic mass is 16.7. The second-order valence-electron chi connectivity index (χ2n) is 8.14. The number of benzene rings is 2. The molecule has 10 nitrogen and oxygen atoms in total. The maximum Gasteiger partial charge on any atom is 0.251 e. The number of carbonyl (C=O) groups excluding carboxylic acids is 2. The number of hydrogen-bond donors (Lipinski definition) is 6. The second kappa shape index (κ2) is 9.46. The number of carbonyl (C=O) groups is 2. The molecule has 0 aromatic heterocycles. The standard InChI is InChI=1S/C23H26O10/c1-9(2)17(26)14(8-24)32-23(22(30)31)33-21-10(3)7-12-16(20(21)29)19(28)15-11(18(12)27)5-4-6-13(15)25/h4-7,9,14,17,22-26,29-31H,8H2,1-3H3. The Labute approximate surface area is 189 Å². The minimum Gasteiger partial charge on any atom is -0.507 e. The van der Waals surface area contributed by atoms with E-state index in [9.17, 15) is 40.2 Å². The molecule has 0 fully saturated rings. The van der Waals surface area contributed by atoms with Gasteiger partial charge in [-0.1, -0.05) is 26.0 Å². The van der Waals surface area contributed by atoms with Crippen molar-refractivity contribution in [2.75, 3.05) is 6.61 Å². The van der Waals surface area contributed by atoms with Crippen molar-refractivity contribution in [2.45, 2.75) is 45.6 Å². The number of fused-ring (bicyclic) bond motifs is 2. The molecule has 1 aliphatic carbocycles. The normalized spacial score (nSPS) is 15.9. The van der Waals surface area contributed by atoms with Crippen LogP contribution in [0.1, 0.15) is 51.3 Å². The zero-order valence-electron chi connectivity index (χ0n) is 18.2. The Kier molecular flexibility index (Phi) is 7.06. The molecule has 0 heterocycles. The Hall–Kier alpha value is -3.02. The molecule has 0 bridgehead atoms. The summed E-state index contributed by atoms with van der Waals surface area (Å²) in [5.74, 6) is -3.30. The number of aromatic hydroxyl groups is 2. The maximum atomic E-state index is 13.0. The molecule has 3 rings (SSSR count). The van der Waals surface area contributed by atoms with E-state index in [-0.39, 0.29) is 33.9 Å². The monoisotopic (exact) mass is 462 g/mol. The number of phenolic OH excluding ortho intramolecular Hbond substituents is 2. The highest BCUT2D eigenvalue weighted by Gasteiger charge is 2.37. The summed E-state index contributed by atoms with van der Waals surface area (Å²) in [7, 11) is 0. The molecule has 0 spiro atoms. The third-order valence-electron chi connectivity index (χ3n) is 5.46. The fourth-order valence-electron chi connectivity index (χ4n) is 3.69. The zero-order chi connectivity index (χ0) is 24.6. The molecule has 178 valence electrons. The van der Waals surface area contributed by atoms with Gasteiger partial charge in [-0.2, -0.15) is 0 Å². The van der Waals surface area contributed by atoms with E-state index >= 15 is 0 Å². The fourth-order valence-corrected chi connectivity index (χ4v) is 3.69. The van der Waals surface area contributed by atoms with Gasteiger partial charge >= 0.3 is 0 Å². The third-order valence-corrected chi connectivity index (χ3v) is 5.46. The summed E-state index contributed by atoms with van der Waals surface area (Å²) >= 11 is 0. The topological polar surface area (TPSA) is 174 Å². The predicted octanol–water partition coefficient (Wildman–Crippen LogP) is 0.592. The highest BCUT2D eigenvalue weighted by Crippen LogP contribution is 2.43. The zero-order valence-corrected chi connectivity index (χ0v) is 18.2. The Morgan fingerprint density at radius 2 is 1.64 bits per heavy atom. The van der Waals surface area contributed by atoms with Crippen LogP contribution in [0.3, 0.4) is 0 Å². The van der Waals surface area contributed by atoms with E-state index in [0.29, 0.717) is 0 Å². The third kappa shape index (κ3) is 4.43. The van der Waals surface area contributed by atoms with Crippen molar-refractivity contribution in [1.82, 2.24) is 0 Å². The fraction of sp³-hybridized carbons (Fsp3) is 0.391. The second-order valence-corrected chi connectivity index (χ2v) is 8.14. The average molecular weight is 462 g/mol. The van der Waals surface area contributed by atoms with Gasteiger partial charge in [-0.3, -0.25) is 9.59 Å². The molecule has 0 amide bonds. The minimum absolute atomic E-state index is 0.0135. The Morgan fingerprint density at radius 3 is 2.21 bits per heavy atom. The van der Waals surface area contributed by atoms with E-state index in [1.54, 1.807) is 13.8 Å². The van der Waals surface area contributed by atoms with E-state index < -0.39 is 60.0 Å². The summed E-state index contributed by atoms with van der Waals surface area (Å²) in [4.78, 5) is 25.9. The Bertz CT molecular complexity index is 1080. The van der Waals surface area contributed by atoms with Crippen molar-refractivity contribution in [3.8, 4) is 17.2 Å². The van der Waals surface area contributed by atoms with Crippen molar-refractivity contribution in [3.05, 3.63) is 52.1 Å². The van der Waals surface area contributed by atoms with Crippen molar-refractivity contribution < 1.29 is 49.7 Å². The number of ether oxygens (including phenoxy) is 2. The molecule has 3 unspecified atom stereocenters. The van der Waals surface area contributed by atoms with Gasteiger partial charge in [0.15, 0.2) is 17.3 Å². The highest BCUT2D eigenvalue weighted by molar-refractivity contribution is 6.30. The van der Waals surface area contributed by atoms with Crippen molar-refractivity contribution in [1.29, 1.82) is 0 Å². The van der Waals surface area contributed by atoms with Crippen LogP contribution in [-0.2, 0) is 4.74 Å². The molecule has 0 aliphatic heterocycles. The SMILES string of the molecule is Cc1cc2c(c(O)c1OC(OC(CO)C(O)C(C)C)C(O)O)C(=O)c1c(O)cccc1C2=O. The lowest BCUT2D eigenvalue weighted by Crippen LogP contribution is -2.45. The number of hydrogen-bond acceptors (Lipinski definition) is 10. The lowest BCUT2D eigenvalue weighted by atomic mass is 9.82. The van der Waals surface area contributed by atoms with Gasteiger partial charge < -0.3 is 40.1 Å². The van der Waals surface area contributed by atoms with E-state index in [2.05, 4.69) is 0 Å². The number of aryl methyl sites for hydroxylation is 1. The van der Waals surface area contributed by atoms with Gasteiger partial charge in [0.25, 0.3) is 6.29 Å². The minimum atomic E-state index is -2.25. The molecule has 0 saturated heterocycles. The van der Waals surface area contributed by atoms with Crippen molar-refractivity contribution in [2.24, 2.45) is 5.92 Å². The van der Waals surface area contributed by atoms with E-state index in [4.69, 9.17) is 9.47 Å². The van der Waals surface area contributed by atoms with Crippen LogP contribution in [-0.4, -0.2) is 73.6 Å². The summed E-state index contributed by atoms with van der Waals surface area (Å²) in [5.41, 5.74) is -0.626. The van der Waals surface area contributed by atoms with Gasteiger partial charge in [0.05, 0.1) is 23.8 Å². The first-order valence-corrected chi connectivity index (χ1v) is 10.2. The molecule has 10 heteroatoms. The lowest BCUT2D eigenvalue weighted by molar-refractivity contribution is -0.254. The van der Waals surface area contributed by atoms with Crippen LogP contribution >= 0.6 is 0 Å². The number of phenols is 2. The number of aliphatic hydroxyl groups excluding tert-OH is 3. The van der Waals surface area contributed by atoms with Crippen LogP contribution in [0.25, 0.3) is 0 Å². The molecule has 33 heavy (non-hydrogen) atoms. The van der Waals surface area contributed by atoms with Crippen molar-refractivity contribution >= 4 is 11.6 Å². The quantitative estimate of drug-likeness (QED) is 0.260. The number of rotatable bonds is 8. The molecule has 6 N–H and O–H groups in total. The van der Waals surface area contributed by atoms with Crippen LogP contribution in [0.2, 0.25) is 0 Å². The Morgan fingerprint density at radius 1 is 0.970 bits per heavy atom. The van der Waals surface area contributed by atoms with E-state index in [0.717, 1.165) is 0 Å². The van der Waals surface area contributed by atoms with Crippen LogP contribution in [0, 0.1) is 12.8 Å². The van der Waals surface area contributed by atoms with Gasteiger partial charge in [0.1, 0.15) is 11.9 Å². The largest absolute Gasteiger partial charge is 0.507 e. The molecule has 0 radical (unpaired) electrons. The summed E-state index contributed by atoms with van der Waals surface area (Å²) in [5, 5.41) is 60.1. The maximum absolute atomic E-state index is 13.0. The first kappa shape index (κ1) is 24.6. The van der Waals surface area contributed by atoms with Crippen LogP contribution < -0.4 is 4.74 Å².